The first kappa shape index (κ1) is 22.1. The molecule has 0 radical (unpaired) electrons. The quantitative estimate of drug-likeness (QED) is 0.694. The Morgan fingerprint density at radius 3 is 2.56 bits per heavy atom. The van der Waals surface area contributed by atoms with Crippen molar-refractivity contribution in [1.29, 1.82) is 0 Å². The Hall–Kier alpha value is -0.930. The summed E-state index contributed by atoms with van der Waals surface area (Å²) < 4.78 is 39.6. The van der Waals surface area contributed by atoms with Crippen molar-refractivity contribution < 1.29 is 17.6 Å². The maximum atomic E-state index is 13.2. The summed E-state index contributed by atoms with van der Waals surface area (Å²) >= 11 is 5.66. The number of nitrogens with two attached hydrogens (primary N) is 1. The van der Waals surface area contributed by atoms with Crippen LogP contribution in [0.3, 0.4) is 0 Å². The van der Waals surface area contributed by atoms with E-state index in [2.05, 4.69) is 5.32 Å². The molecule has 0 aromatic heterocycles. The number of rotatable bonds is 6. The van der Waals surface area contributed by atoms with Crippen molar-refractivity contribution in [2.24, 2.45) is 11.7 Å². The zero-order chi connectivity index (χ0) is 17.7. The number of halogens is 3. The summed E-state index contributed by atoms with van der Waals surface area (Å²) in [6.07, 6.45) is 1.61. The molecule has 1 aromatic rings. The molecule has 142 valence electrons. The Morgan fingerprint density at radius 1 is 1.36 bits per heavy atom. The number of nitrogens with zero attached hydrogens (tertiary/aromatic N) is 1. The van der Waals surface area contributed by atoms with Crippen molar-refractivity contribution in [3.05, 3.63) is 29.0 Å². The summed E-state index contributed by atoms with van der Waals surface area (Å²) in [6.45, 7) is 1.53. The standard InChI is InChI=1S/C15H21ClFN3O3S.ClH/c16-13-10-12(2-3-14(13)17)24(22,23)20-8-4-11(5-9-20)15(21)19-7-1-6-18;/h2-3,10-11H,1,4-9,18H2,(H,19,21);1H. The van der Waals surface area contributed by atoms with Crippen molar-refractivity contribution in [3.8, 4) is 0 Å². The number of piperidine rings is 1. The maximum Gasteiger partial charge on any atom is 0.243 e. The van der Waals surface area contributed by atoms with Crippen molar-refractivity contribution in [1.82, 2.24) is 9.62 Å². The Kier molecular flexibility index (Phi) is 8.56. The van der Waals surface area contributed by atoms with E-state index >= 15 is 0 Å². The number of hydrogen-bond acceptors (Lipinski definition) is 4. The first-order valence-electron chi connectivity index (χ1n) is 7.79. The number of hydrogen-bond donors (Lipinski definition) is 2. The van der Waals surface area contributed by atoms with Crippen LogP contribution in [0.15, 0.2) is 23.1 Å². The summed E-state index contributed by atoms with van der Waals surface area (Å²) in [6, 6.07) is 3.34. The van der Waals surface area contributed by atoms with Crippen LogP contribution in [-0.4, -0.2) is 44.8 Å². The molecule has 1 fully saturated rings. The minimum absolute atomic E-state index is 0. The second-order valence-electron chi connectivity index (χ2n) is 5.69. The fourth-order valence-electron chi connectivity index (χ4n) is 2.60. The van der Waals surface area contributed by atoms with Crippen LogP contribution < -0.4 is 11.1 Å². The van der Waals surface area contributed by atoms with Crippen LogP contribution in [0.2, 0.25) is 5.02 Å². The van der Waals surface area contributed by atoms with E-state index in [1.165, 1.54) is 10.4 Å². The first-order valence-corrected chi connectivity index (χ1v) is 9.61. The molecule has 1 aliphatic heterocycles. The molecular weight excluding hydrogens is 392 g/mol. The topological polar surface area (TPSA) is 92.5 Å². The molecule has 1 aromatic carbocycles. The van der Waals surface area contributed by atoms with E-state index in [0.29, 0.717) is 32.4 Å². The molecule has 0 saturated carbocycles. The molecule has 3 N–H and O–H groups in total. The first-order chi connectivity index (χ1) is 11.4. The van der Waals surface area contributed by atoms with Crippen LogP contribution in [0.1, 0.15) is 19.3 Å². The lowest BCUT2D eigenvalue weighted by Gasteiger charge is -2.30. The summed E-state index contributed by atoms with van der Waals surface area (Å²) in [5.41, 5.74) is 5.38. The predicted octanol–water partition coefficient (Wildman–Crippen LogP) is 1.77. The van der Waals surface area contributed by atoms with Gasteiger partial charge < -0.3 is 11.1 Å². The molecule has 0 spiro atoms. The van der Waals surface area contributed by atoms with Gasteiger partial charge in [0.25, 0.3) is 0 Å². The minimum atomic E-state index is -3.74. The Bertz CT molecular complexity index is 695. The monoisotopic (exact) mass is 413 g/mol. The highest BCUT2D eigenvalue weighted by atomic mass is 35.5. The van der Waals surface area contributed by atoms with E-state index < -0.39 is 15.8 Å². The molecule has 0 bridgehead atoms. The summed E-state index contributed by atoms with van der Waals surface area (Å²) in [5.74, 6) is -0.931. The van der Waals surface area contributed by atoms with Gasteiger partial charge in [-0.1, -0.05) is 11.6 Å². The van der Waals surface area contributed by atoms with Crippen molar-refractivity contribution in [2.45, 2.75) is 24.2 Å². The van der Waals surface area contributed by atoms with Gasteiger partial charge in [0.2, 0.25) is 15.9 Å². The fourth-order valence-corrected chi connectivity index (χ4v) is 4.34. The van der Waals surface area contributed by atoms with Gasteiger partial charge in [0.05, 0.1) is 9.92 Å². The van der Waals surface area contributed by atoms with E-state index in [1.807, 2.05) is 0 Å². The molecule has 25 heavy (non-hydrogen) atoms. The Morgan fingerprint density at radius 2 is 2.00 bits per heavy atom. The number of amides is 1. The maximum absolute atomic E-state index is 13.2. The number of nitrogens with one attached hydrogen (secondary N) is 1. The molecular formula is C15H22Cl2FN3O3S. The van der Waals surface area contributed by atoms with Crippen LogP contribution >= 0.6 is 24.0 Å². The van der Waals surface area contributed by atoms with Crippen LogP contribution in [-0.2, 0) is 14.8 Å². The van der Waals surface area contributed by atoms with Gasteiger partial charge in [-0.3, -0.25) is 4.79 Å². The molecule has 1 heterocycles. The summed E-state index contributed by atoms with van der Waals surface area (Å²) in [5, 5.41) is 2.57. The van der Waals surface area contributed by atoms with Gasteiger partial charge in [-0.15, -0.1) is 12.4 Å². The normalized spacial score (nSPS) is 16.3. The van der Waals surface area contributed by atoms with Crippen LogP contribution in [0, 0.1) is 11.7 Å². The summed E-state index contributed by atoms with van der Waals surface area (Å²) in [7, 11) is -3.74. The zero-order valence-corrected chi connectivity index (χ0v) is 16.0. The van der Waals surface area contributed by atoms with Crippen molar-refractivity contribution >= 4 is 39.9 Å². The lowest BCUT2D eigenvalue weighted by atomic mass is 9.97. The molecule has 1 saturated heterocycles. The van der Waals surface area contributed by atoms with E-state index in [9.17, 15) is 17.6 Å². The average molecular weight is 414 g/mol. The van der Waals surface area contributed by atoms with Crippen LogP contribution in [0.4, 0.5) is 4.39 Å². The van der Waals surface area contributed by atoms with Crippen LogP contribution in [0.25, 0.3) is 0 Å². The molecule has 10 heteroatoms. The number of sulfonamides is 1. The van der Waals surface area contributed by atoms with Crippen molar-refractivity contribution in [2.75, 3.05) is 26.2 Å². The van der Waals surface area contributed by atoms with Gasteiger partial charge in [-0.25, -0.2) is 12.8 Å². The second-order valence-corrected chi connectivity index (χ2v) is 8.03. The number of carbonyl (C=O) groups is 1. The zero-order valence-electron chi connectivity index (χ0n) is 13.6. The average Bonchev–Trinajstić information content (AvgIpc) is 2.57. The van der Waals surface area contributed by atoms with Crippen molar-refractivity contribution in [3.63, 3.8) is 0 Å². The lowest BCUT2D eigenvalue weighted by Crippen LogP contribution is -2.43. The Labute approximate surface area is 158 Å². The molecule has 1 amide bonds. The largest absolute Gasteiger partial charge is 0.356 e. The van der Waals surface area contributed by atoms with Gasteiger partial charge >= 0.3 is 0 Å². The molecule has 0 unspecified atom stereocenters. The highest BCUT2D eigenvalue weighted by Crippen LogP contribution is 2.26. The minimum Gasteiger partial charge on any atom is -0.356 e. The number of benzene rings is 1. The molecule has 0 aliphatic carbocycles. The molecule has 2 rings (SSSR count). The summed E-state index contributed by atoms with van der Waals surface area (Å²) in [4.78, 5) is 12.0. The van der Waals surface area contributed by atoms with Gasteiger partial charge in [-0.05, 0) is 44.0 Å². The smallest absolute Gasteiger partial charge is 0.243 e. The van der Waals surface area contributed by atoms with Gasteiger partial charge in [0.1, 0.15) is 5.82 Å². The Balaban J connectivity index is 0.00000312. The van der Waals surface area contributed by atoms with Gasteiger partial charge in [-0.2, -0.15) is 4.31 Å². The molecule has 1 aliphatic rings. The van der Waals surface area contributed by atoms with E-state index in [1.54, 1.807) is 0 Å². The van der Waals surface area contributed by atoms with E-state index in [4.69, 9.17) is 17.3 Å². The third kappa shape index (κ3) is 5.52. The fraction of sp³-hybridized carbons (Fsp3) is 0.533. The van der Waals surface area contributed by atoms with E-state index in [-0.39, 0.29) is 47.2 Å². The lowest BCUT2D eigenvalue weighted by molar-refractivity contribution is -0.126. The third-order valence-corrected chi connectivity index (χ3v) is 6.22. The predicted molar refractivity (Wildman–Crippen MR) is 96.8 cm³/mol. The second kappa shape index (κ2) is 9.68. The SMILES string of the molecule is Cl.NCCCNC(=O)C1CCN(S(=O)(=O)c2ccc(F)c(Cl)c2)CC1. The van der Waals surface area contributed by atoms with Crippen LogP contribution in [0.5, 0.6) is 0 Å². The highest BCUT2D eigenvalue weighted by molar-refractivity contribution is 7.89. The highest BCUT2D eigenvalue weighted by Gasteiger charge is 2.32. The molecule has 6 nitrogen and oxygen atoms in total. The third-order valence-electron chi connectivity index (χ3n) is 4.03. The number of carbonyl (C=O) groups excluding carboxylic acids is 1. The molecule has 0 atom stereocenters. The van der Waals surface area contributed by atoms with E-state index in [0.717, 1.165) is 12.1 Å². The van der Waals surface area contributed by atoms with Gasteiger partial charge in [0.15, 0.2) is 0 Å². The van der Waals surface area contributed by atoms with Gasteiger partial charge in [0, 0.05) is 25.6 Å².